The molecule has 2 N–H and O–H groups in total. The fourth-order valence-electron chi connectivity index (χ4n) is 2.82. The Hall–Kier alpha value is -0.480. The number of carbonyl (C=O) groups excluding carboxylic acids is 1. The van der Waals surface area contributed by atoms with Gasteiger partial charge >= 0.3 is 6.09 Å². The van der Waals surface area contributed by atoms with Gasteiger partial charge in [-0.15, -0.1) is 12.4 Å². The highest BCUT2D eigenvalue weighted by Crippen LogP contribution is 2.37. The fourth-order valence-corrected chi connectivity index (χ4v) is 2.82. The zero-order valence-electron chi connectivity index (χ0n) is 10.8. The second-order valence-electron chi connectivity index (χ2n) is 6.14. The number of amides is 1. The summed E-state index contributed by atoms with van der Waals surface area (Å²) in [5.74, 6) is 1.20. The highest BCUT2D eigenvalue weighted by molar-refractivity contribution is 5.85. The Morgan fingerprint density at radius 3 is 2.12 bits per heavy atom. The monoisotopic (exact) mass is 262 g/mol. The molecule has 17 heavy (non-hydrogen) atoms. The fraction of sp³-hybridized carbons (Fsp3) is 0.917. The third-order valence-electron chi connectivity index (χ3n) is 3.44. The van der Waals surface area contributed by atoms with Crippen LogP contribution in [0.1, 0.15) is 33.6 Å². The minimum atomic E-state index is -0.398. The SMILES string of the molecule is CC(C)(C)OC(=O)N1CC2CC(N)CC2C1.Cl. The van der Waals surface area contributed by atoms with E-state index in [2.05, 4.69) is 0 Å². The van der Waals surface area contributed by atoms with Crippen molar-refractivity contribution in [1.29, 1.82) is 0 Å². The van der Waals surface area contributed by atoms with Crippen molar-refractivity contribution >= 4 is 18.5 Å². The van der Waals surface area contributed by atoms with E-state index in [-0.39, 0.29) is 18.5 Å². The van der Waals surface area contributed by atoms with Crippen LogP contribution in [-0.4, -0.2) is 35.7 Å². The molecular formula is C12H23ClN2O2. The number of hydrogen-bond acceptors (Lipinski definition) is 3. The maximum atomic E-state index is 11.8. The summed E-state index contributed by atoms with van der Waals surface area (Å²) in [4.78, 5) is 13.7. The first-order valence-corrected chi connectivity index (χ1v) is 6.08. The molecule has 5 heteroatoms. The summed E-state index contributed by atoms with van der Waals surface area (Å²) in [6.07, 6.45) is 1.95. The lowest BCUT2D eigenvalue weighted by atomic mass is 10.0. The van der Waals surface area contributed by atoms with E-state index < -0.39 is 5.60 Å². The molecule has 2 atom stereocenters. The number of nitrogens with zero attached hydrogens (tertiary/aromatic N) is 1. The summed E-state index contributed by atoms with van der Waals surface area (Å²) in [6.45, 7) is 7.35. The molecule has 1 heterocycles. The molecule has 0 aromatic rings. The van der Waals surface area contributed by atoms with E-state index >= 15 is 0 Å². The molecule has 1 saturated carbocycles. The molecule has 2 unspecified atom stereocenters. The second kappa shape index (κ2) is 5.02. The molecule has 1 amide bonds. The average molecular weight is 263 g/mol. The molecule has 0 spiro atoms. The van der Waals surface area contributed by atoms with Gasteiger partial charge in [-0.3, -0.25) is 0 Å². The summed E-state index contributed by atoms with van der Waals surface area (Å²) in [7, 11) is 0. The van der Waals surface area contributed by atoms with Gasteiger partial charge in [-0.2, -0.15) is 0 Å². The first-order valence-electron chi connectivity index (χ1n) is 6.08. The van der Waals surface area contributed by atoms with Gasteiger partial charge in [0.15, 0.2) is 0 Å². The van der Waals surface area contributed by atoms with Crippen LogP contribution in [0.25, 0.3) is 0 Å². The first-order chi connectivity index (χ1) is 7.35. The predicted molar refractivity (Wildman–Crippen MR) is 69.2 cm³/mol. The summed E-state index contributed by atoms with van der Waals surface area (Å²) in [5, 5.41) is 0. The van der Waals surface area contributed by atoms with Crippen molar-refractivity contribution < 1.29 is 9.53 Å². The Labute approximate surface area is 109 Å². The van der Waals surface area contributed by atoms with E-state index in [9.17, 15) is 4.79 Å². The number of nitrogens with two attached hydrogens (primary N) is 1. The number of rotatable bonds is 0. The quantitative estimate of drug-likeness (QED) is 0.727. The molecule has 2 fully saturated rings. The Morgan fingerprint density at radius 1 is 1.24 bits per heavy atom. The third kappa shape index (κ3) is 3.49. The van der Waals surface area contributed by atoms with Crippen LogP contribution in [0.3, 0.4) is 0 Å². The van der Waals surface area contributed by atoms with Crippen molar-refractivity contribution in [3.8, 4) is 0 Å². The molecule has 2 rings (SSSR count). The summed E-state index contributed by atoms with van der Waals surface area (Å²) in [6, 6.07) is 0.343. The van der Waals surface area contributed by atoms with Crippen LogP contribution in [0.2, 0.25) is 0 Å². The number of carbonyl (C=O) groups is 1. The lowest BCUT2D eigenvalue weighted by Crippen LogP contribution is -2.36. The van der Waals surface area contributed by atoms with Gasteiger partial charge in [-0.1, -0.05) is 0 Å². The van der Waals surface area contributed by atoms with Gasteiger partial charge in [0.1, 0.15) is 5.60 Å². The molecule has 4 nitrogen and oxygen atoms in total. The van der Waals surface area contributed by atoms with Gasteiger partial charge in [-0.05, 0) is 45.4 Å². The molecule has 1 aliphatic carbocycles. The number of hydrogen-bond donors (Lipinski definition) is 1. The van der Waals surface area contributed by atoms with Gasteiger partial charge in [0.05, 0.1) is 0 Å². The van der Waals surface area contributed by atoms with Crippen molar-refractivity contribution in [2.45, 2.75) is 45.3 Å². The van der Waals surface area contributed by atoms with E-state index in [1.807, 2.05) is 25.7 Å². The van der Waals surface area contributed by atoms with Crippen LogP contribution < -0.4 is 5.73 Å². The second-order valence-corrected chi connectivity index (χ2v) is 6.14. The number of ether oxygens (including phenoxy) is 1. The van der Waals surface area contributed by atoms with Crippen LogP contribution in [0.4, 0.5) is 4.79 Å². The Morgan fingerprint density at radius 2 is 1.71 bits per heavy atom. The van der Waals surface area contributed by atoms with Gasteiger partial charge < -0.3 is 15.4 Å². The van der Waals surface area contributed by atoms with E-state index in [1.165, 1.54) is 0 Å². The van der Waals surface area contributed by atoms with Gasteiger partial charge in [0, 0.05) is 19.1 Å². The van der Waals surface area contributed by atoms with E-state index in [0.717, 1.165) is 25.9 Å². The Kier molecular flexibility index (Phi) is 4.31. The molecular weight excluding hydrogens is 240 g/mol. The summed E-state index contributed by atoms with van der Waals surface area (Å²) in [5.41, 5.74) is 5.52. The molecule has 1 aliphatic heterocycles. The molecule has 2 aliphatic rings. The van der Waals surface area contributed by atoms with Crippen molar-refractivity contribution in [2.75, 3.05) is 13.1 Å². The summed E-state index contributed by atoms with van der Waals surface area (Å²) < 4.78 is 5.37. The van der Waals surface area contributed by atoms with Crippen molar-refractivity contribution in [1.82, 2.24) is 4.90 Å². The molecule has 0 aromatic carbocycles. The van der Waals surface area contributed by atoms with E-state index in [1.54, 1.807) is 0 Å². The zero-order chi connectivity index (χ0) is 11.9. The third-order valence-corrected chi connectivity index (χ3v) is 3.44. The minimum absolute atomic E-state index is 0. The van der Waals surface area contributed by atoms with Crippen molar-refractivity contribution in [3.63, 3.8) is 0 Å². The van der Waals surface area contributed by atoms with Gasteiger partial charge in [0.25, 0.3) is 0 Å². The van der Waals surface area contributed by atoms with Gasteiger partial charge in [-0.25, -0.2) is 4.79 Å². The molecule has 1 saturated heterocycles. The van der Waals surface area contributed by atoms with Crippen LogP contribution in [0.5, 0.6) is 0 Å². The topological polar surface area (TPSA) is 55.6 Å². The minimum Gasteiger partial charge on any atom is -0.444 e. The van der Waals surface area contributed by atoms with Crippen molar-refractivity contribution in [2.24, 2.45) is 17.6 Å². The largest absolute Gasteiger partial charge is 0.444 e. The zero-order valence-corrected chi connectivity index (χ0v) is 11.6. The van der Waals surface area contributed by atoms with Crippen LogP contribution in [-0.2, 0) is 4.74 Å². The van der Waals surface area contributed by atoms with Crippen LogP contribution in [0.15, 0.2) is 0 Å². The Balaban J connectivity index is 0.00000144. The molecule has 0 aromatic heterocycles. The summed E-state index contributed by atoms with van der Waals surface area (Å²) >= 11 is 0. The normalized spacial score (nSPS) is 32.0. The average Bonchev–Trinajstić information content (AvgIpc) is 2.56. The van der Waals surface area contributed by atoms with Crippen molar-refractivity contribution in [3.05, 3.63) is 0 Å². The number of likely N-dealkylation sites (tertiary alicyclic amines) is 1. The molecule has 100 valence electrons. The highest BCUT2D eigenvalue weighted by Gasteiger charge is 2.42. The predicted octanol–water partition coefficient (Wildman–Crippen LogP) is 2.01. The molecule has 0 bridgehead atoms. The molecule has 0 radical (unpaired) electrons. The lowest BCUT2D eigenvalue weighted by Gasteiger charge is -2.25. The number of halogens is 1. The number of fused-ring (bicyclic) bond motifs is 1. The maximum absolute atomic E-state index is 11.8. The van der Waals surface area contributed by atoms with E-state index in [4.69, 9.17) is 10.5 Å². The van der Waals surface area contributed by atoms with E-state index in [0.29, 0.717) is 17.9 Å². The van der Waals surface area contributed by atoms with Gasteiger partial charge in [0.2, 0.25) is 0 Å². The highest BCUT2D eigenvalue weighted by atomic mass is 35.5. The standard InChI is InChI=1S/C12H22N2O2.ClH/c1-12(2,3)16-11(15)14-6-8-4-10(13)5-9(8)7-14;/h8-10H,4-7,13H2,1-3H3;1H. The lowest BCUT2D eigenvalue weighted by molar-refractivity contribution is 0.0279. The maximum Gasteiger partial charge on any atom is 0.410 e. The first kappa shape index (κ1) is 14.6. The Bertz CT molecular complexity index is 277. The smallest absolute Gasteiger partial charge is 0.410 e. The van der Waals surface area contributed by atoms with Crippen LogP contribution in [0, 0.1) is 11.8 Å². The van der Waals surface area contributed by atoms with Crippen LogP contribution >= 0.6 is 12.4 Å².